The number of nitrogens with one attached hydrogen (secondary N) is 2. The first-order valence-electron chi connectivity index (χ1n) is 9.83. The second-order valence-electron chi connectivity index (χ2n) is 6.53. The van der Waals surface area contributed by atoms with Crippen molar-refractivity contribution in [3.8, 4) is 11.5 Å². The minimum atomic E-state index is -4.61. The van der Waals surface area contributed by atoms with E-state index >= 15 is 0 Å². The maximum absolute atomic E-state index is 13.5. The number of benzene rings is 2. The number of alkyl halides is 3. The molecule has 0 bridgehead atoms. The van der Waals surface area contributed by atoms with Crippen LogP contribution in [0, 0.1) is 0 Å². The van der Waals surface area contributed by atoms with Gasteiger partial charge in [0.1, 0.15) is 22.9 Å². The van der Waals surface area contributed by atoms with Crippen molar-refractivity contribution in [1.29, 1.82) is 0 Å². The number of halogens is 3. The Morgan fingerprint density at radius 1 is 0.839 bits per heavy atom. The van der Waals surface area contributed by atoms with E-state index in [2.05, 4.69) is 20.6 Å². The lowest BCUT2D eigenvalue weighted by molar-refractivity contribution is -0.137. The third-order valence-corrected chi connectivity index (χ3v) is 4.11. The highest BCUT2D eigenvalue weighted by Gasteiger charge is 2.35. The van der Waals surface area contributed by atoms with Gasteiger partial charge in [0.25, 0.3) is 0 Å². The minimum Gasteiger partial charge on any atom is -0.494 e. The van der Waals surface area contributed by atoms with Crippen molar-refractivity contribution in [3.63, 3.8) is 0 Å². The fourth-order valence-corrected chi connectivity index (χ4v) is 2.67. The Morgan fingerprint density at radius 3 is 1.97 bits per heavy atom. The van der Waals surface area contributed by atoms with Crippen LogP contribution in [0.2, 0.25) is 0 Å². The van der Waals surface area contributed by atoms with Gasteiger partial charge in [-0.1, -0.05) is 6.92 Å². The number of nitrogens with zero attached hydrogens (tertiary/aromatic N) is 2. The van der Waals surface area contributed by atoms with E-state index in [4.69, 9.17) is 9.47 Å². The van der Waals surface area contributed by atoms with Gasteiger partial charge in [0.15, 0.2) is 0 Å². The topological polar surface area (TPSA) is 68.3 Å². The predicted octanol–water partition coefficient (Wildman–Crippen LogP) is 6.17. The van der Waals surface area contributed by atoms with Gasteiger partial charge in [0.05, 0.1) is 13.2 Å². The molecule has 0 atom stereocenters. The largest absolute Gasteiger partial charge is 0.494 e. The van der Waals surface area contributed by atoms with Crippen LogP contribution in [0.25, 0.3) is 0 Å². The molecule has 0 spiro atoms. The van der Waals surface area contributed by atoms with Crippen LogP contribution >= 0.6 is 0 Å². The highest BCUT2D eigenvalue weighted by atomic mass is 19.4. The molecule has 0 unspecified atom stereocenters. The van der Waals surface area contributed by atoms with Crippen molar-refractivity contribution in [3.05, 3.63) is 60.3 Å². The Labute approximate surface area is 178 Å². The first-order chi connectivity index (χ1) is 14.9. The molecule has 0 saturated carbocycles. The van der Waals surface area contributed by atoms with E-state index in [0.29, 0.717) is 36.1 Å². The molecule has 0 aliphatic rings. The summed E-state index contributed by atoms with van der Waals surface area (Å²) in [7, 11) is 0. The number of rotatable bonds is 9. The highest BCUT2D eigenvalue weighted by Crippen LogP contribution is 2.35. The van der Waals surface area contributed by atoms with Crippen molar-refractivity contribution in [1.82, 2.24) is 9.97 Å². The highest BCUT2D eigenvalue weighted by molar-refractivity contribution is 5.63. The Kier molecular flexibility index (Phi) is 7.17. The van der Waals surface area contributed by atoms with Crippen molar-refractivity contribution in [2.45, 2.75) is 26.4 Å². The summed E-state index contributed by atoms with van der Waals surface area (Å²) in [6.45, 7) is 4.97. The van der Waals surface area contributed by atoms with Crippen LogP contribution in [0.4, 0.5) is 36.3 Å². The van der Waals surface area contributed by atoms with Gasteiger partial charge in [-0.15, -0.1) is 0 Å². The third-order valence-electron chi connectivity index (χ3n) is 4.11. The Morgan fingerprint density at radius 2 is 1.42 bits per heavy atom. The maximum atomic E-state index is 13.5. The second kappa shape index (κ2) is 10.0. The van der Waals surface area contributed by atoms with E-state index in [1.165, 1.54) is 0 Å². The molecule has 0 aliphatic carbocycles. The molecule has 2 N–H and O–H groups in total. The minimum absolute atomic E-state index is 0.0301. The van der Waals surface area contributed by atoms with Crippen molar-refractivity contribution < 1.29 is 22.6 Å². The van der Waals surface area contributed by atoms with Crippen LogP contribution in [0.15, 0.2) is 54.7 Å². The average Bonchev–Trinajstić information content (AvgIpc) is 2.74. The lowest BCUT2D eigenvalue weighted by Crippen LogP contribution is -2.12. The zero-order valence-electron chi connectivity index (χ0n) is 17.2. The Balaban J connectivity index is 1.81. The summed E-state index contributed by atoms with van der Waals surface area (Å²) >= 11 is 0. The van der Waals surface area contributed by atoms with E-state index in [1.54, 1.807) is 48.5 Å². The smallest absolute Gasteiger partial charge is 0.421 e. The number of aromatic nitrogens is 2. The molecule has 6 nitrogen and oxygen atoms in total. The quantitative estimate of drug-likeness (QED) is 0.421. The van der Waals surface area contributed by atoms with Crippen LogP contribution in [0.5, 0.6) is 11.5 Å². The van der Waals surface area contributed by atoms with E-state index in [9.17, 15) is 13.2 Å². The predicted molar refractivity (Wildman–Crippen MR) is 113 cm³/mol. The molecule has 0 fully saturated rings. The summed E-state index contributed by atoms with van der Waals surface area (Å²) in [5.41, 5.74) is 0.0997. The third kappa shape index (κ3) is 6.24. The van der Waals surface area contributed by atoms with Gasteiger partial charge in [-0.3, -0.25) is 0 Å². The molecular weight excluding hydrogens is 409 g/mol. The molecule has 1 heterocycles. The molecule has 3 aromatic rings. The van der Waals surface area contributed by atoms with Crippen molar-refractivity contribution in [2.75, 3.05) is 23.8 Å². The van der Waals surface area contributed by atoms with Crippen LogP contribution in [-0.4, -0.2) is 23.2 Å². The van der Waals surface area contributed by atoms with Gasteiger partial charge in [-0.25, -0.2) is 4.98 Å². The maximum Gasteiger partial charge on any atom is 0.421 e. The first kappa shape index (κ1) is 22.2. The summed E-state index contributed by atoms with van der Waals surface area (Å²) < 4.78 is 51.2. The lowest BCUT2D eigenvalue weighted by atomic mass is 10.2. The monoisotopic (exact) mass is 432 g/mol. The van der Waals surface area contributed by atoms with Gasteiger partial charge in [-0.2, -0.15) is 18.2 Å². The molecule has 1 aromatic heterocycles. The molecule has 2 aromatic carbocycles. The fraction of sp³-hybridized carbons (Fsp3) is 0.273. The molecule has 0 saturated heterocycles. The second-order valence-corrected chi connectivity index (χ2v) is 6.53. The van der Waals surface area contributed by atoms with E-state index in [0.717, 1.165) is 12.6 Å². The molecule has 3 rings (SSSR count). The number of anilines is 4. The molecular formula is C22H23F3N4O2. The number of hydrogen-bond acceptors (Lipinski definition) is 6. The Bertz CT molecular complexity index is 978. The molecule has 0 aliphatic heterocycles. The zero-order valence-corrected chi connectivity index (χ0v) is 17.2. The van der Waals surface area contributed by atoms with Gasteiger partial charge in [0, 0.05) is 17.6 Å². The average molecular weight is 432 g/mol. The summed E-state index contributed by atoms with van der Waals surface area (Å²) in [5, 5.41) is 5.63. The lowest BCUT2D eigenvalue weighted by Gasteiger charge is -2.15. The molecule has 0 radical (unpaired) electrons. The van der Waals surface area contributed by atoms with E-state index in [-0.39, 0.29) is 11.8 Å². The van der Waals surface area contributed by atoms with Gasteiger partial charge in [0.2, 0.25) is 5.95 Å². The molecule has 0 amide bonds. The normalized spacial score (nSPS) is 11.1. The molecule has 164 valence electrons. The van der Waals surface area contributed by atoms with Gasteiger partial charge < -0.3 is 20.1 Å². The summed E-state index contributed by atoms with van der Waals surface area (Å²) in [5.74, 6) is 1.01. The van der Waals surface area contributed by atoms with Crippen molar-refractivity contribution >= 4 is 23.1 Å². The summed E-state index contributed by atoms with van der Waals surface area (Å²) in [6.07, 6.45) is -2.99. The summed E-state index contributed by atoms with van der Waals surface area (Å²) in [6, 6.07) is 13.6. The number of ether oxygens (including phenoxy) is 2. The van der Waals surface area contributed by atoms with E-state index in [1.807, 2.05) is 13.8 Å². The van der Waals surface area contributed by atoms with Gasteiger partial charge in [-0.05, 0) is 61.9 Å². The Hall–Kier alpha value is -3.49. The SMILES string of the molecule is CCCOc1ccc(Nc2nc(Nc3ccc(OCC)cc3)ncc2C(F)(F)F)cc1. The fourth-order valence-electron chi connectivity index (χ4n) is 2.67. The van der Waals surface area contributed by atoms with Gasteiger partial charge >= 0.3 is 6.18 Å². The van der Waals surface area contributed by atoms with Crippen LogP contribution < -0.4 is 20.1 Å². The van der Waals surface area contributed by atoms with Crippen LogP contribution in [-0.2, 0) is 6.18 Å². The molecule has 31 heavy (non-hydrogen) atoms. The molecule has 9 heteroatoms. The van der Waals surface area contributed by atoms with Crippen LogP contribution in [0.1, 0.15) is 25.8 Å². The first-order valence-corrected chi connectivity index (χ1v) is 9.83. The number of hydrogen-bond donors (Lipinski definition) is 2. The zero-order chi connectivity index (χ0) is 22.3. The van der Waals surface area contributed by atoms with E-state index < -0.39 is 11.7 Å². The van der Waals surface area contributed by atoms with Crippen LogP contribution in [0.3, 0.4) is 0 Å². The standard InChI is InChI=1S/C22H23F3N4O2/c1-3-13-31-18-11-5-15(6-12-18)27-20-19(22(23,24)25)14-26-21(29-20)28-16-7-9-17(10-8-16)30-4-2/h5-12,14H,3-4,13H2,1-2H3,(H2,26,27,28,29). The summed E-state index contributed by atoms with van der Waals surface area (Å²) in [4.78, 5) is 7.86. The van der Waals surface area contributed by atoms with Crippen molar-refractivity contribution in [2.24, 2.45) is 0 Å².